The van der Waals surface area contributed by atoms with Gasteiger partial charge in [-0.15, -0.1) is 0 Å². The molecule has 1 N–H and O–H groups in total. The van der Waals surface area contributed by atoms with Crippen LogP contribution in [0, 0.1) is 0 Å². The van der Waals surface area contributed by atoms with Crippen molar-refractivity contribution in [2.75, 3.05) is 6.54 Å². The SMILES string of the molecule is CC(C)(C)O[C@H]1C=[N+](O)CC1. The van der Waals surface area contributed by atoms with E-state index in [1.165, 1.54) is 4.74 Å². The van der Waals surface area contributed by atoms with Crippen molar-refractivity contribution in [2.45, 2.75) is 38.9 Å². The molecule has 0 spiro atoms. The molecule has 11 heavy (non-hydrogen) atoms. The molecular weight excluding hydrogens is 142 g/mol. The van der Waals surface area contributed by atoms with E-state index in [1.807, 2.05) is 20.8 Å². The predicted octanol–water partition coefficient (Wildman–Crippen LogP) is 1.05. The average Bonchev–Trinajstić information content (AvgIpc) is 2.10. The predicted molar refractivity (Wildman–Crippen MR) is 42.2 cm³/mol. The first-order valence-electron chi connectivity index (χ1n) is 3.96. The number of hydroxylamine groups is 1. The van der Waals surface area contributed by atoms with Crippen LogP contribution in [0.15, 0.2) is 0 Å². The van der Waals surface area contributed by atoms with Gasteiger partial charge in [0.05, 0.1) is 5.60 Å². The normalized spacial score (nSPS) is 25.4. The van der Waals surface area contributed by atoms with Crippen molar-refractivity contribution in [2.24, 2.45) is 0 Å². The molecule has 1 aliphatic heterocycles. The lowest BCUT2D eigenvalue weighted by Crippen LogP contribution is -2.27. The van der Waals surface area contributed by atoms with Crippen molar-refractivity contribution in [3.05, 3.63) is 0 Å². The van der Waals surface area contributed by atoms with Gasteiger partial charge in [-0.3, -0.25) is 5.21 Å². The Morgan fingerprint density at radius 1 is 1.55 bits per heavy atom. The summed E-state index contributed by atoms with van der Waals surface area (Å²) in [7, 11) is 0. The molecule has 0 unspecified atom stereocenters. The first kappa shape index (κ1) is 8.53. The van der Waals surface area contributed by atoms with Crippen LogP contribution in [0.25, 0.3) is 0 Å². The van der Waals surface area contributed by atoms with Gasteiger partial charge in [-0.1, -0.05) is 0 Å². The van der Waals surface area contributed by atoms with Crippen LogP contribution in [0.1, 0.15) is 27.2 Å². The number of hydrogen-bond acceptors (Lipinski definition) is 2. The van der Waals surface area contributed by atoms with Crippen LogP contribution in [0.4, 0.5) is 0 Å². The van der Waals surface area contributed by atoms with E-state index in [4.69, 9.17) is 9.94 Å². The number of rotatable bonds is 1. The van der Waals surface area contributed by atoms with Gasteiger partial charge in [-0.2, -0.15) is 0 Å². The van der Waals surface area contributed by atoms with Gasteiger partial charge in [0, 0.05) is 6.42 Å². The number of ether oxygens (including phenoxy) is 1. The van der Waals surface area contributed by atoms with E-state index in [-0.39, 0.29) is 11.7 Å². The summed E-state index contributed by atoms with van der Waals surface area (Å²) in [6.07, 6.45) is 2.68. The molecule has 1 aliphatic rings. The van der Waals surface area contributed by atoms with Crippen LogP contribution in [0.3, 0.4) is 0 Å². The molecule has 0 fully saturated rings. The van der Waals surface area contributed by atoms with E-state index >= 15 is 0 Å². The van der Waals surface area contributed by atoms with E-state index in [0.717, 1.165) is 6.42 Å². The first-order valence-corrected chi connectivity index (χ1v) is 3.96. The second-order valence-corrected chi connectivity index (χ2v) is 3.87. The highest BCUT2D eigenvalue weighted by molar-refractivity contribution is 5.58. The van der Waals surface area contributed by atoms with Crippen LogP contribution in [0.5, 0.6) is 0 Å². The molecular formula is C8H16NO2+. The largest absolute Gasteiger partial charge is 0.362 e. The van der Waals surface area contributed by atoms with Gasteiger partial charge in [-0.25, -0.2) is 0 Å². The molecule has 0 aromatic rings. The molecule has 3 nitrogen and oxygen atoms in total. The monoisotopic (exact) mass is 158 g/mol. The minimum Gasteiger partial charge on any atom is -0.362 e. The van der Waals surface area contributed by atoms with E-state index in [2.05, 4.69) is 0 Å². The lowest BCUT2D eigenvalue weighted by molar-refractivity contribution is -0.766. The standard InChI is InChI=1S/C8H16NO2/c1-8(2,3)11-7-4-5-9(10)6-7/h6-7,10H,4-5H2,1-3H3/q+1/t7-/m1/s1. The zero-order chi connectivity index (χ0) is 8.48. The Hall–Kier alpha value is -0.570. The summed E-state index contributed by atoms with van der Waals surface area (Å²) < 4.78 is 6.80. The maximum absolute atomic E-state index is 8.99. The van der Waals surface area contributed by atoms with Gasteiger partial charge in [0.1, 0.15) is 6.10 Å². The van der Waals surface area contributed by atoms with Crippen molar-refractivity contribution >= 4 is 6.21 Å². The Morgan fingerprint density at radius 3 is 2.55 bits per heavy atom. The molecule has 0 amide bonds. The first-order chi connectivity index (χ1) is 4.97. The Labute approximate surface area is 67.3 Å². The van der Waals surface area contributed by atoms with Crippen molar-refractivity contribution in [1.29, 1.82) is 0 Å². The molecule has 0 aromatic carbocycles. The quantitative estimate of drug-likeness (QED) is 0.457. The third-order valence-electron chi connectivity index (χ3n) is 1.49. The summed E-state index contributed by atoms with van der Waals surface area (Å²) >= 11 is 0. The topological polar surface area (TPSA) is 32.5 Å². The van der Waals surface area contributed by atoms with E-state index < -0.39 is 0 Å². The summed E-state index contributed by atoms with van der Waals surface area (Å²) in [5, 5.41) is 8.99. The van der Waals surface area contributed by atoms with Crippen LogP contribution in [0.2, 0.25) is 0 Å². The highest BCUT2D eigenvalue weighted by Gasteiger charge is 2.27. The lowest BCUT2D eigenvalue weighted by atomic mass is 10.2. The molecule has 0 bridgehead atoms. The van der Waals surface area contributed by atoms with Gasteiger partial charge in [0.25, 0.3) is 0 Å². The van der Waals surface area contributed by atoms with E-state index in [0.29, 0.717) is 6.54 Å². The minimum absolute atomic E-state index is 0.0833. The van der Waals surface area contributed by atoms with E-state index in [1.54, 1.807) is 6.21 Å². The highest BCUT2D eigenvalue weighted by atomic mass is 16.5. The molecule has 1 atom stereocenters. The fraction of sp³-hybridized carbons (Fsp3) is 0.875. The molecule has 0 saturated carbocycles. The second kappa shape index (κ2) is 2.81. The maximum atomic E-state index is 8.99. The molecule has 0 radical (unpaired) electrons. The highest BCUT2D eigenvalue weighted by Crippen LogP contribution is 2.13. The Morgan fingerprint density at radius 2 is 2.18 bits per heavy atom. The third kappa shape index (κ3) is 2.89. The molecule has 0 aliphatic carbocycles. The Bertz CT molecular complexity index is 169. The molecule has 0 saturated heterocycles. The van der Waals surface area contributed by atoms with Crippen LogP contribution >= 0.6 is 0 Å². The van der Waals surface area contributed by atoms with Crippen molar-refractivity contribution in [1.82, 2.24) is 0 Å². The summed E-state index contributed by atoms with van der Waals surface area (Å²) in [5.74, 6) is 0. The number of nitrogens with zero attached hydrogens (tertiary/aromatic N) is 1. The van der Waals surface area contributed by atoms with Crippen molar-refractivity contribution < 1.29 is 14.7 Å². The smallest absolute Gasteiger partial charge is 0.221 e. The number of hydrogen-bond donors (Lipinski definition) is 1. The summed E-state index contributed by atoms with van der Waals surface area (Å²) in [6.45, 7) is 6.73. The van der Waals surface area contributed by atoms with E-state index in [9.17, 15) is 0 Å². The van der Waals surface area contributed by atoms with Crippen molar-refractivity contribution in [3.63, 3.8) is 0 Å². The maximum Gasteiger partial charge on any atom is 0.221 e. The van der Waals surface area contributed by atoms with Gasteiger partial charge in [0.15, 0.2) is 6.54 Å². The second-order valence-electron chi connectivity index (χ2n) is 3.87. The van der Waals surface area contributed by atoms with Crippen LogP contribution in [-0.4, -0.2) is 34.4 Å². The minimum atomic E-state index is -0.119. The molecule has 0 aromatic heterocycles. The zero-order valence-electron chi connectivity index (χ0n) is 7.37. The molecule has 64 valence electrons. The van der Waals surface area contributed by atoms with Crippen molar-refractivity contribution in [3.8, 4) is 0 Å². The third-order valence-corrected chi connectivity index (χ3v) is 1.49. The molecule has 1 heterocycles. The van der Waals surface area contributed by atoms with Gasteiger partial charge >= 0.3 is 0 Å². The van der Waals surface area contributed by atoms with Crippen LogP contribution < -0.4 is 0 Å². The lowest BCUT2D eigenvalue weighted by Gasteiger charge is -2.21. The summed E-state index contributed by atoms with van der Waals surface area (Å²) in [5.41, 5.74) is -0.119. The summed E-state index contributed by atoms with van der Waals surface area (Å²) in [4.78, 5) is 0. The van der Waals surface area contributed by atoms with Crippen LogP contribution in [-0.2, 0) is 4.74 Å². The Kier molecular flexibility index (Phi) is 2.18. The summed E-state index contributed by atoms with van der Waals surface area (Å²) in [6, 6.07) is 0. The molecule has 3 heteroatoms. The van der Waals surface area contributed by atoms with Gasteiger partial charge < -0.3 is 4.74 Å². The van der Waals surface area contributed by atoms with Gasteiger partial charge in [-0.05, 0) is 25.5 Å². The fourth-order valence-corrected chi connectivity index (χ4v) is 1.14. The Balaban J connectivity index is 2.40. The van der Waals surface area contributed by atoms with Gasteiger partial charge in [0.2, 0.25) is 6.21 Å². The molecule has 1 rings (SSSR count). The zero-order valence-corrected chi connectivity index (χ0v) is 7.37. The average molecular weight is 158 g/mol. The fourth-order valence-electron chi connectivity index (χ4n) is 1.14.